The van der Waals surface area contributed by atoms with Gasteiger partial charge >= 0.3 is 0 Å². The highest BCUT2D eigenvalue weighted by atomic mass is 35.5. The normalized spacial score (nSPS) is 14.2. The number of aromatic nitrogens is 4. The van der Waals surface area contributed by atoms with Crippen molar-refractivity contribution in [3.8, 4) is 11.6 Å². The number of carbonyl (C=O) groups is 1. The first-order valence-corrected chi connectivity index (χ1v) is 8.33. The summed E-state index contributed by atoms with van der Waals surface area (Å²) >= 11 is 12.5. The molecule has 0 aromatic carbocycles. The quantitative estimate of drug-likeness (QED) is 0.658. The molecule has 130 valence electrons. The van der Waals surface area contributed by atoms with E-state index in [4.69, 9.17) is 32.8 Å². The number of hydrogen-bond donors (Lipinski definition) is 2. The number of carbonyl (C=O) groups excluding carboxylic acids is 1. The van der Waals surface area contributed by atoms with Crippen LogP contribution in [-0.2, 0) is 17.8 Å². The Bertz CT molecular complexity index is 997. The van der Waals surface area contributed by atoms with Gasteiger partial charge in [0.25, 0.3) is 5.89 Å². The van der Waals surface area contributed by atoms with E-state index >= 15 is 0 Å². The Labute approximate surface area is 151 Å². The van der Waals surface area contributed by atoms with Gasteiger partial charge in [0.05, 0.1) is 5.52 Å². The smallest absolute Gasteiger partial charge is 0.277 e. The van der Waals surface area contributed by atoms with E-state index in [1.54, 1.807) is 11.8 Å². The molecule has 0 spiro atoms. The number of aromatic amines is 1. The Morgan fingerprint density at radius 3 is 2.88 bits per heavy atom. The maximum absolute atomic E-state index is 11.9. The second-order valence-electron chi connectivity index (χ2n) is 5.77. The number of hydrogen-bond acceptors (Lipinski definition) is 6. The minimum Gasteiger partial charge on any atom is -0.387 e. The number of aliphatic hydroxyl groups is 1. The van der Waals surface area contributed by atoms with Crippen molar-refractivity contribution in [2.45, 2.75) is 19.9 Å². The lowest BCUT2D eigenvalue weighted by Crippen LogP contribution is -2.37. The molecule has 10 heteroatoms. The van der Waals surface area contributed by atoms with E-state index in [0.29, 0.717) is 47.0 Å². The molecule has 25 heavy (non-hydrogen) atoms. The molecule has 1 aliphatic rings. The van der Waals surface area contributed by atoms with E-state index in [1.165, 1.54) is 0 Å². The highest BCUT2D eigenvalue weighted by molar-refractivity contribution is 6.44. The summed E-state index contributed by atoms with van der Waals surface area (Å²) in [6.07, 6.45) is 0.603. The second kappa shape index (κ2) is 5.98. The first-order valence-electron chi connectivity index (χ1n) is 7.57. The molecule has 4 rings (SSSR count). The average Bonchev–Trinajstić information content (AvgIpc) is 3.20. The van der Waals surface area contributed by atoms with Crippen molar-refractivity contribution in [2.24, 2.45) is 0 Å². The Morgan fingerprint density at radius 2 is 2.20 bits per heavy atom. The number of amides is 1. The molecule has 1 aliphatic heterocycles. The monoisotopic (exact) mass is 381 g/mol. The summed E-state index contributed by atoms with van der Waals surface area (Å²) in [6, 6.07) is 0. The van der Waals surface area contributed by atoms with Gasteiger partial charge in [-0.15, -0.1) is 0 Å². The van der Waals surface area contributed by atoms with E-state index in [9.17, 15) is 4.79 Å². The van der Waals surface area contributed by atoms with Crippen LogP contribution in [0.25, 0.3) is 22.5 Å². The second-order valence-corrected chi connectivity index (χ2v) is 6.50. The van der Waals surface area contributed by atoms with Gasteiger partial charge in [-0.3, -0.25) is 4.79 Å². The zero-order valence-corrected chi connectivity index (χ0v) is 14.6. The largest absolute Gasteiger partial charge is 0.387 e. The van der Waals surface area contributed by atoms with E-state index in [1.807, 2.05) is 0 Å². The van der Waals surface area contributed by atoms with E-state index in [-0.39, 0.29) is 17.0 Å². The molecule has 3 aromatic rings. The van der Waals surface area contributed by atoms with Gasteiger partial charge in [0, 0.05) is 36.2 Å². The van der Waals surface area contributed by atoms with Gasteiger partial charge in [0.1, 0.15) is 17.3 Å². The Balaban J connectivity index is 1.96. The minimum absolute atomic E-state index is 0.127. The summed E-state index contributed by atoms with van der Waals surface area (Å²) in [7, 11) is 0. The molecule has 0 unspecified atom stereocenters. The summed E-state index contributed by atoms with van der Waals surface area (Å²) in [4.78, 5) is 25.3. The lowest BCUT2D eigenvalue weighted by Gasteiger charge is -2.26. The number of nitrogens with one attached hydrogen (secondary N) is 1. The molecule has 8 nitrogen and oxygen atoms in total. The van der Waals surface area contributed by atoms with Crippen LogP contribution in [0.3, 0.4) is 0 Å². The molecule has 0 bridgehead atoms. The maximum Gasteiger partial charge on any atom is 0.277 e. The molecular formula is C15H13Cl2N5O3. The summed E-state index contributed by atoms with van der Waals surface area (Å²) in [5.74, 6) is 0.370. The Morgan fingerprint density at radius 1 is 1.40 bits per heavy atom. The van der Waals surface area contributed by atoms with Crippen LogP contribution >= 0.6 is 23.2 Å². The predicted octanol–water partition coefficient (Wildman–Crippen LogP) is 2.11. The van der Waals surface area contributed by atoms with Crippen LogP contribution in [0, 0.1) is 6.92 Å². The molecular weight excluding hydrogens is 369 g/mol. The number of aryl methyl sites for hydroxylation is 1. The first kappa shape index (κ1) is 16.3. The lowest BCUT2D eigenvalue weighted by molar-refractivity contribution is -0.135. The van der Waals surface area contributed by atoms with Crippen molar-refractivity contribution in [2.75, 3.05) is 13.2 Å². The van der Waals surface area contributed by atoms with Crippen LogP contribution in [0.1, 0.15) is 17.1 Å². The van der Waals surface area contributed by atoms with Gasteiger partial charge in [0.15, 0.2) is 11.0 Å². The summed E-state index contributed by atoms with van der Waals surface area (Å²) < 4.78 is 5.25. The lowest BCUT2D eigenvalue weighted by atomic mass is 10.0. The van der Waals surface area contributed by atoms with Gasteiger partial charge in [0.2, 0.25) is 5.91 Å². The van der Waals surface area contributed by atoms with Crippen LogP contribution in [0.4, 0.5) is 0 Å². The third-order valence-corrected chi connectivity index (χ3v) is 4.98. The molecule has 0 fully saturated rings. The first-order chi connectivity index (χ1) is 12.0. The zero-order chi connectivity index (χ0) is 17.7. The Kier molecular flexibility index (Phi) is 3.90. The fourth-order valence-corrected chi connectivity index (χ4v) is 3.45. The van der Waals surface area contributed by atoms with E-state index in [2.05, 4.69) is 20.1 Å². The summed E-state index contributed by atoms with van der Waals surface area (Å²) in [5.41, 5.74) is 2.84. The third kappa shape index (κ3) is 2.57. The van der Waals surface area contributed by atoms with Gasteiger partial charge in [-0.2, -0.15) is 4.98 Å². The minimum atomic E-state index is -0.530. The van der Waals surface area contributed by atoms with Gasteiger partial charge in [-0.1, -0.05) is 28.4 Å². The van der Waals surface area contributed by atoms with Crippen molar-refractivity contribution in [3.63, 3.8) is 0 Å². The number of H-pyrrole nitrogens is 1. The van der Waals surface area contributed by atoms with Crippen LogP contribution in [0.5, 0.6) is 0 Å². The maximum atomic E-state index is 11.9. The number of fused-ring (bicyclic) bond motifs is 3. The molecule has 2 N–H and O–H groups in total. The highest BCUT2D eigenvalue weighted by Gasteiger charge is 2.28. The molecule has 0 radical (unpaired) electrons. The van der Waals surface area contributed by atoms with E-state index < -0.39 is 6.61 Å². The SMILES string of the molecule is Cc1noc(-c2nc(Cl)c(Cl)c3[nH]c4c(c23)CN(C(=O)CO)CC4)n1. The summed E-state index contributed by atoms with van der Waals surface area (Å²) in [6.45, 7) is 2.01. The van der Waals surface area contributed by atoms with Crippen molar-refractivity contribution in [3.05, 3.63) is 27.3 Å². The van der Waals surface area contributed by atoms with Crippen molar-refractivity contribution in [1.29, 1.82) is 0 Å². The van der Waals surface area contributed by atoms with Crippen LogP contribution < -0.4 is 0 Å². The standard InChI is InChI=1S/C15H13Cl2N5O3/c1-6-18-15(25-21-6)13-10-7-4-22(9(24)5-23)3-2-8(7)19-12(10)11(16)14(17)20-13/h19,23H,2-5H2,1H3. The van der Waals surface area contributed by atoms with Gasteiger partial charge in [-0.25, -0.2) is 4.98 Å². The van der Waals surface area contributed by atoms with Crippen molar-refractivity contribution in [1.82, 2.24) is 25.0 Å². The average molecular weight is 382 g/mol. The van der Waals surface area contributed by atoms with Crippen molar-refractivity contribution < 1.29 is 14.4 Å². The Hall–Kier alpha value is -2.16. The molecule has 4 heterocycles. The van der Waals surface area contributed by atoms with Crippen LogP contribution in [0.2, 0.25) is 10.2 Å². The van der Waals surface area contributed by atoms with Crippen molar-refractivity contribution >= 4 is 40.0 Å². The zero-order valence-electron chi connectivity index (χ0n) is 13.1. The van der Waals surface area contributed by atoms with Gasteiger partial charge in [-0.05, 0) is 6.92 Å². The molecule has 0 aliphatic carbocycles. The number of pyridine rings is 1. The topological polar surface area (TPSA) is 108 Å². The summed E-state index contributed by atoms with van der Waals surface area (Å²) in [5, 5.41) is 14.0. The fraction of sp³-hybridized carbons (Fsp3) is 0.333. The molecule has 3 aromatic heterocycles. The van der Waals surface area contributed by atoms with Crippen LogP contribution in [-0.4, -0.2) is 49.2 Å². The fourth-order valence-electron chi connectivity index (χ4n) is 3.09. The molecule has 0 atom stereocenters. The number of rotatable bonds is 2. The molecule has 1 amide bonds. The van der Waals surface area contributed by atoms with Crippen LogP contribution in [0.15, 0.2) is 4.52 Å². The highest BCUT2D eigenvalue weighted by Crippen LogP contribution is 2.39. The van der Waals surface area contributed by atoms with Gasteiger partial charge < -0.3 is 19.5 Å². The number of halogens is 2. The van der Waals surface area contributed by atoms with E-state index in [0.717, 1.165) is 11.3 Å². The molecule has 0 saturated heterocycles. The predicted molar refractivity (Wildman–Crippen MR) is 90.3 cm³/mol. The number of aliphatic hydroxyl groups excluding tert-OH is 1. The third-order valence-electron chi connectivity index (χ3n) is 4.24. The number of nitrogens with zero attached hydrogens (tertiary/aromatic N) is 4. The molecule has 0 saturated carbocycles.